The predicted molar refractivity (Wildman–Crippen MR) is 125 cm³/mol. The summed E-state index contributed by atoms with van der Waals surface area (Å²) in [4.78, 5) is 30.4. The lowest BCUT2D eigenvalue weighted by atomic mass is 10.1. The van der Waals surface area contributed by atoms with Crippen LogP contribution >= 0.6 is 0 Å². The van der Waals surface area contributed by atoms with Gasteiger partial charge in [-0.2, -0.15) is 0 Å². The molecule has 4 rings (SSSR count). The van der Waals surface area contributed by atoms with Crippen LogP contribution in [0.5, 0.6) is 11.5 Å². The molecule has 3 aromatic carbocycles. The molecule has 6 nitrogen and oxygen atoms in total. The van der Waals surface area contributed by atoms with E-state index in [4.69, 9.17) is 9.47 Å². The lowest BCUT2D eigenvalue weighted by molar-refractivity contribution is -0.120. The van der Waals surface area contributed by atoms with Gasteiger partial charge in [-0.15, -0.1) is 0 Å². The zero-order valence-electron chi connectivity index (χ0n) is 18.0. The number of para-hydroxylation sites is 1. The van der Waals surface area contributed by atoms with Gasteiger partial charge in [0.25, 0.3) is 11.5 Å². The van der Waals surface area contributed by atoms with Gasteiger partial charge in [0.1, 0.15) is 11.5 Å². The summed E-state index contributed by atoms with van der Waals surface area (Å²) in [5.74, 6) is 1.03. The summed E-state index contributed by atoms with van der Waals surface area (Å²) < 4.78 is 10.9. The highest BCUT2D eigenvalue weighted by atomic mass is 16.5. The van der Waals surface area contributed by atoms with E-state index in [1.807, 2.05) is 61.5 Å². The van der Waals surface area contributed by atoms with E-state index in [0.29, 0.717) is 28.3 Å². The van der Waals surface area contributed by atoms with E-state index in [-0.39, 0.29) is 24.6 Å². The van der Waals surface area contributed by atoms with E-state index in [0.717, 1.165) is 10.9 Å². The Morgan fingerprint density at radius 3 is 2.41 bits per heavy atom. The van der Waals surface area contributed by atoms with Crippen molar-refractivity contribution >= 4 is 22.5 Å². The monoisotopic (exact) mass is 428 g/mol. The number of amides is 1. The van der Waals surface area contributed by atoms with E-state index < -0.39 is 0 Å². The summed E-state index contributed by atoms with van der Waals surface area (Å²) in [6, 6.07) is 24.1. The number of benzene rings is 3. The van der Waals surface area contributed by atoms with Crippen molar-refractivity contribution in [2.24, 2.45) is 0 Å². The molecule has 0 aliphatic heterocycles. The van der Waals surface area contributed by atoms with Gasteiger partial charge < -0.3 is 19.4 Å². The standard InChI is InChI=1S/C26H24N2O4/c1-18-8-11-21(12-9-18)28(25(29)17-32-22-6-4-3-5-7-22)16-20-14-19-10-13-23(31-2)15-24(19)27-26(20)30/h3-15H,16-17H2,1-2H3,(H,27,30). The van der Waals surface area contributed by atoms with Gasteiger partial charge in [-0.25, -0.2) is 0 Å². The topological polar surface area (TPSA) is 71.6 Å². The van der Waals surface area contributed by atoms with Gasteiger partial charge >= 0.3 is 0 Å². The molecule has 0 saturated heterocycles. The Balaban J connectivity index is 1.64. The lowest BCUT2D eigenvalue weighted by Gasteiger charge is -2.23. The number of aryl methyl sites for hydroxylation is 1. The molecule has 1 heterocycles. The third-order valence-electron chi connectivity index (χ3n) is 5.21. The highest BCUT2D eigenvalue weighted by molar-refractivity contribution is 5.94. The summed E-state index contributed by atoms with van der Waals surface area (Å²) in [6.07, 6.45) is 0. The van der Waals surface area contributed by atoms with Crippen LogP contribution < -0.4 is 19.9 Å². The van der Waals surface area contributed by atoms with Gasteiger partial charge in [0, 0.05) is 17.3 Å². The van der Waals surface area contributed by atoms with Crippen LogP contribution in [0.25, 0.3) is 10.9 Å². The molecule has 32 heavy (non-hydrogen) atoms. The lowest BCUT2D eigenvalue weighted by Crippen LogP contribution is -2.36. The van der Waals surface area contributed by atoms with Gasteiger partial charge in [-0.05, 0) is 54.8 Å². The number of nitrogens with one attached hydrogen (secondary N) is 1. The second-order valence-corrected chi connectivity index (χ2v) is 7.49. The van der Waals surface area contributed by atoms with Gasteiger partial charge in [-0.3, -0.25) is 9.59 Å². The highest BCUT2D eigenvalue weighted by Crippen LogP contribution is 2.22. The van der Waals surface area contributed by atoms with Crippen LogP contribution in [0.4, 0.5) is 5.69 Å². The number of hydrogen-bond donors (Lipinski definition) is 1. The first kappa shape index (κ1) is 21.2. The number of carbonyl (C=O) groups is 1. The van der Waals surface area contributed by atoms with Crippen LogP contribution in [0.15, 0.2) is 83.7 Å². The van der Waals surface area contributed by atoms with Gasteiger partial charge in [0.15, 0.2) is 6.61 Å². The van der Waals surface area contributed by atoms with Crippen LogP contribution in [-0.2, 0) is 11.3 Å². The molecule has 1 aromatic heterocycles. The Labute approximate surface area is 186 Å². The molecule has 0 atom stereocenters. The van der Waals surface area contributed by atoms with Crippen LogP contribution in [0.2, 0.25) is 0 Å². The maximum absolute atomic E-state index is 13.1. The predicted octanol–water partition coefficient (Wildman–Crippen LogP) is 4.46. The Morgan fingerprint density at radius 2 is 1.69 bits per heavy atom. The molecule has 0 saturated carbocycles. The van der Waals surface area contributed by atoms with Crippen LogP contribution in [0.1, 0.15) is 11.1 Å². The van der Waals surface area contributed by atoms with Gasteiger partial charge in [-0.1, -0.05) is 35.9 Å². The maximum atomic E-state index is 13.1. The van der Waals surface area contributed by atoms with Crippen molar-refractivity contribution in [1.82, 2.24) is 4.98 Å². The summed E-state index contributed by atoms with van der Waals surface area (Å²) in [7, 11) is 1.58. The molecule has 6 heteroatoms. The fourth-order valence-electron chi connectivity index (χ4n) is 3.43. The van der Waals surface area contributed by atoms with E-state index in [2.05, 4.69) is 4.98 Å². The second kappa shape index (κ2) is 9.39. The van der Waals surface area contributed by atoms with Crippen molar-refractivity contribution in [3.05, 3.63) is 100 Å². The van der Waals surface area contributed by atoms with E-state index in [1.54, 1.807) is 36.3 Å². The zero-order valence-corrected chi connectivity index (χ0v) is 18.0. The third-order valence-corrected chi connectivity index (χ3v) is 5.21. The molecule has 0 bridgehead atoms. The molecule has 0 fully saturated rings. The number of nitrogens with zero attached hydrogens (tertiary/aromatic N) is 1. The molecule has 1 amide bonds. The van der Waals surface area contributed by atoms with Crippen molar-refractivity contribution in [2.75, 3.05) is 18.6 Å². The molecule has 0 aliphatic rings. The number of fused-ring (bicyclic) bond motifs is 1. The minimum atomic E-state index is -0.250. The summed E-state index contributed by atoms with van der Waals surface area (Å²) in [5, 5.41) is 0.859. The Morgan fingerprint density at radius 1 is 0.938 bits per heavy atom. The molecule has 0 radical (unpaired) electrons. The smallest absolute Gasteiger partial charge is 0.265 e. The number of methoxy groups -OCH3 is 1. The minimum absolute atomic E-state index is 0.122. The summed E-state index contributed by atoms with van der Waals surface area (Å²) >= 11 is 0. The maximum Gasteiger partial charge on any atom is 0.265 e. The number of anilines is 1. The quantitative estimate of drug-likeness (QED) is 0.472. The fraction of sp³-hybridized carbons (Fsp3) is 0.154. The number of hydrogen-bond acceptors (Lipinski definition) is 4. The van der Waals surface area contributed by atoms with Gasteiger partial charge in [0.2, 0.25) is 0 Å². The number of aromatic nitrogens is 1. The fourth-order valence-corrected chi connectivity index (χ4v) is 3.43. The van der Waals surface area contributed by atoms with Gasteiger partial charge in [0.05, 0.1) is 19.2 Å². The molecule has 162 valence electrons. The van der Waals surface area contributed by atoms with E-state index in [9.17, 15) is 9.59 Å². The van der Waals surface area contributed by atoms with Crippen molar-refractivity contribution in [3.8, 4) is 11.5 Å². The molecular weight excluding hydrogens is 404 g/mol. The Hall–Kier alpha value is -4.06. The van der Waals surface area contributed by atoms with Crippen molar-refractivity contribution in [1.29, 1.82) is 0 Å². The summed E-state index contributed by atoms with van der Waals surface area (Å²) in [6.45, 7) is 1.97. The molecule has 1 N–H and O–H groups in total. The van der Waals surface area contributed by atoms with Crippen LogP contribution in [0.3, 0.4) is 0 Å². The first-order valence-electron chi connectivity index (χ1n) is 10.3. The first-order valence-corrected chi connectivity index (χ1v) is 10.3. The van der Waals surface area contributed by atoms with Crippen molar-refractivity contribution in [3.63, 3.8) is 0 Å². The number of aromatic amines is 1. The summed E-state index contributed by atoms with van der Waals surface area (Å²) in [5.41, 5.74) is 2.69. The number of H-pyrrole nitrogens is 1. The number of carbonyl (C=O) groups excluding carboxylic acids is 1. The Kier molecular flexibility index (Phi) is 6.22. The zero-order chi connectivity index (χ0) is 22.5. The van der Waals surface area contributed by atoms with Crippen molar-refractivity contribution in [2.45, 2.75) is 13.5 Å². The highest BCUT2D eigenvalue weighted by Gasteiger charge is 2.19. The second-order valence-electron chi connectivity index (χ2n) is 7.49. The molecular formula is C26H24N2O4. The third kappa shape index (κ3) is 4.81. The Bertz CT molecular complexity index is 1280. The molecule has 4 aromatic rings. The molecule has 0 unspecified atom stereocenters. The normalized spacial score (nSPS) is 10.7. The largest absolute Gasteiger partial charge is 0.497 e. The average molecular weight is 428 g/mol. The number of ether oxygens (including phenoxy) is 2. The van der Waals surface area contributed by atoms with Crippen LogP contribution in [0, 0.1) is 6.92 Å². The SMILES string of the molecule is COc1ccc2cc(CN(C(=O)COc3ccccc3)c3ccc(C)cc3)c(=O)[nH]c2c1. The first-order chi connectivity index (χ1) is 15.5. The van der Waals surface area contributed by atoms with Crippen molar-refractivity contribution < 1.29 is 14.3 Å². The average Bonchev–Trinajstić information content (AvgIpc) is 2.82. The molecule has 0 spiro atoms. The number of rotatable bonds is 7. The molecule has 0 aliphatic carbocycles. The van der Waals surface area contributed by atoms with E-state index >= 15 is 0 Å². The van der Waals surface area contributed by atoms with Crippen LogP contribution in [-0.4, -0.2) is 24.6 Å². The minimum Gasteiger partial charge on any atom is -0.497 e. The van der Waals surface area contributed by atoms with E-state index in [1.165, 1.54) is 0 Å². The number of pyridine rings is 1.